The first kappa shape index (κ1) is 18.3. The third-order valence-corrected chi connectivity index (χ3v) is 7.53. The van der Waals surface area contributed by atoms with Gasteiger partial charge in [0.05, 0.1) is 22.9 Å². The van der Waals surface area contributed by atoms with Crippen molar-refractivity contribution in [2.45, 2.75) is 25.2 Å². The van der Waals surface area contributed by atoms with Crippen LogP contribution in [0.5, 0.6) is 0 Å². The number of para-hydroxylation sites is 1. The Balaban J connectivity index is 1.69. The molecule has 1 fully saturated rings. The smallest absolute Gasteiger partial charge is 0.239 e. The number of Topliss-reactive ketones (excluding diaryl/α,β-unsaturated/α-hetero) is 1. The van der Waals surface area contributed by atoms with Gasteiger partial charge in [-0.05, 0) is 47.7 Å². The summed E-state index contributed by atoms with van der Waals surface area (Å²) < 4.78 is 0. The molecule has 152 valence electrons. The molecule has 2 amide bonds. The number of aryl methyl sites for hydroxylation is 1. The summed E-state index contributed by atoms with van der Waals surface area (Å²) in [6.07, 6.45) is 0. The Kier molecular flexibility index (Phi) is 3.54. The van der Waals surface area contributed by atoms with E-state index in [1.807, 2.05) is 79.7 Å². The van der Waals surface area contributed by atoms with Crippen molar-refractivity contribution in [1.29, 1.82) is 0 Å². The number of amides is 2. The van der Waals surface area contributed by atoms with Crippen molar-refractivity contribution in [3.8, 4) is 0 Å². The number of nitrogens with zero attached hydrogens (tertiary/aromatic N) is 1. The van der Waals surface area contributed by atoms with Crippen molar-refractivity contribution < 1.29 is 14.4 Å². The Morgan fingerprint density at radius 3 is 1.94 bits per heavy atom. The van der Waals surface area contributed by atoms with Crippen LogP contribution in [-0.2, 0) is 19.8 Å². The zero-order chi connectivity index (χ0) is 21.5. The quantitative estimate of drug-likeness (QED) is 0.600. The fourth-order valence-electron chi connectivity index (χ4n) is 6.42. The highest BCUT2D eigenvalue weighted by Gasteiger charge is 2.70. The van der Waals surface area contributed by atoms with Gasteiger partial charge < -0.3 is 0 Å². The molecule has 3 aliphatic carbocycles. The molecule has 0 radical (unpaired) electrons. The molecular weight excluding hydrogens is 386 g/mol. The molecule has 4 nitrogen and oxygen atoms in total. The van der Waals surface area contributed by atoms with Gasteiger partial charge in [-0.3, -0.25) is 14.4 Å². The minimum absolute atomic E-state index is 0.0895. The zero-order valence-electron chi connectivity index (χ0n) is 17.3. The molecule has 7 rings (SSSR count). The average Bonchev–Trinajstić information content (AvgIpc) is 3.05. The van der Waals surface area contributed by atoms with Gasteiger partial charge in [0.15, 0.2) is 0 Å². The van der Waals surface area contributed by atoms with Crippen molar-refractivity contribution >= 4 is 23.3 Å². The van der Waals surface area contributed by atoms with Gasteiger partial charge in [0.25, 0.3) is 0 Å². The fraction of sp³-hybridized carbons (Fsp3) is 0.222. The standard InChI is InChI=1S/C27H21NO3/c1-15-9-3-8-14-21(15)28-25(30)23-22-17-10-4-6-12-19(17)27(16(2)29,24(23)26(28)31)20-13-7-5-11-18(20)22/h3-14,22-24H,1-2H3. The van der Waals surface area contributed by atoms with Crippen LogP contribution in [0.2, 0.25) is 0 Å². The predicted octanol–water partition coefficient (Wildman–Crippen LogP) is 4.13. The van der Waals surface area contributed by atoms with E-state index in [0.29, 0.717) is 5.69 Å². The highest BCUT2D eigenvalue weighted by atomic mass is 16.2. The summed E-state index contributed by atoms with van der Waals surface area (Å²) in [5.74, 6) is -2.11. The van der Waals surface area contributed by atoms with Crippen LogP contribution in [0.15, 0.2) is 72.8 Å². The van der Waals surface area contributed by atoms with Gasteiger partial charge in [-0.1, -0.05) is 66.7 Å². The molecule has 2 atom stereocenters. The number of benzene rings is 3. The molecule has 31 heavy (non-hydrogen) atoms. The molecule has 0 N–H and O–H groups in total. The minimum atomic E-state index is -1.14. The molecule has 3 aromatic rings. The van der Waals surface area contributed by atoms with Crippen LogP contribution in [0, 0.1) is 18.8 Å². The van der Waals surface area contributed by atoms with Gasteiger partial charge in [0.2, 0.25) is 11.8 Å². The van der Waals surface area contributed by atoms with E-state index in [0.717, 1.165) is 27.8 Å². The maximum atomic E-state index is 14.0. The molecule has 2 unspecified atom stereocenters. The lowest BCUT2D eigenvalue weighted by atomic mass is 9.46. The number of imide groups is 1. The Labute approximate surface area is 180 Å². The summed E-state index contributed by atoms with van der Waals surface area (Å²) in [4.78, 5) is 42.7. The topological polar surface area (TPSA) is 54.5 Å². The van der Waals surface area contributed by atoms with E-state index >= 15 is 0 Å². The highest BCUT2D eigenvalue weighted by molar-refractivity contribution is 6.25. The van der Waals surface area contributed by atoms with Crippen LogP contribution >= 0.6 is 0 Å². The monoisotopic (exact) mass is 407 g/mol. The Morgan fingerprint density at radius 1 is 0.806 bits per heavy atom. The van der Waals surface area contributed by atoms with Gasteiger partial charge in [-0.2, -0.15) is 0 Å². The summed E-state index contributed by atoms with van der Waals surface area (Å²) >= 11 is 0. The molecule has 0 spiro atoms. The molecule has 3 aromatic carbocycles. The summed E-state index contributed by atoms with van der Waals surface area (Å²) in [6.45, 7) is 3.46. The normalized spacial score (nSPS) is 27.7. The highest BCUT2D eigenvalue weighted by Crippen LogP contribution is 2.64. The molecule has 2 bridgehead atoms. The van der Waals surface area contributed by atoms with Crippen LogP contribution in [0.4, 0.5) is 5.69 Å². The van der Waals surface area contributed by atoms with E-state index in [1.54, 1.807) is 6.92 Å². The first-order valence-electron chi connectivity index (χ1n) is 10.6. The first-order valence-corrected chi connectivity index (χ1v) is 10.6. The number of hydrogen-bond acceptors (Lipinski definition) is 3. The van der Waals surface area contributed by atoms with Crippen molar-refractivity contribution in [3.63, 3.8) is 0 Å². The molecule has 1 heterocycles. The van der Waals surface area contributed by atoms with Crippen molar-refractivity contribution in [2.75, 3.05) is 4.90 Å². The van der Waals surface area contributed by atoms with Gasteiger partial charge in [-0.25, -0.2) is 4.90 Å². The number of rotatable bonds is 2. The van der Waals surface area contributed by atoms with Crippen LogP contribution in [0.3, 0.4) is 0 Å². The van der Waals surface area contributed by atoms with Gasteiger partial charge in [-0.15, -0.1) is 0 Å². The Hall–Kier alpha value is -3.53. The van der Waals surface area contributed by atoms with Crippen molar-refractivity contribution in [1.82, 2.24) is 0 Å². The van der Waals surface area contributed by atoms with Crippen LogP contribution in [0.1, 0.15) is 40.7 Å². The average molecular weight is 407 g/mol. The second kappa shape index (κ2) is 6.01. The van der Waals surface area contributed by atoms with Crippen molar-refractivity contribution in [2.24, 2.45) is 11.8 Å². The fourth-order valence-corrected chi connectivity index (χ4v) is 6.42. The SMILES string of the molecule is CC(=O)C12c3ccccc3C(c3ccccc31)C1C(=O)N(c3ccccc3C)C(=O)C12. The third kappa shape index (κ3) is 1.98. The summed E-state index contributed by atoms with van der Waals surface area (Å²) in [5, 5.41) is 0. The van der Waals surface area contributed by atoms with E-state index in [9.17, 15) is 14.4 Å². The maximum Gasteiger partial charge on any atom is 0.239 e. The molecule has 0 aromatic heterocycles. The zero-order valence-corrected chi connectivity index (χ0v) is 17.3. The van der Waals surface area contributed by atoms with Gasteiger partial charge in [0.1, 0.15) is 5.78 Å². The minimum Gasteiger partial charge on any atom is -0.299 e. The largest absolute Gasteiger partial charge is 0.299 e. The Morgan fingerprint density at radius 2 is 1.35 bits per heavy atom. The lowest BCUT2D eigenvalue weighted by Crippen LogP contribution is -2.57. The lowest BCUT2D eigenvalue weighted by molar-refractivity contribution is -0.132. The second-order valence-corrected chi connectivity index (χ2v) is 8.82. The number of carbonyl (C=O) groups excluding carboxylic acids is 3. The number of hydrogen-bond donors (Lipinski definition) is 0. The van der Waals surface area contributed by atoms with E-state index in [2.05, 4.69) is 0 Å². The lowest BCUT2D eigenvalue weighted by Gasteiger charge is -2.52. The third-order valence-electron chi connectivity index (χ3n) is 7.53. The van der Waals surface area contributed by atoms with E-state index < -0.39 is 17.3 Å². The number of ketones is 1. The number of anilines is 1. The molecule has 4 heteroatoms. The van der Waals surface area contributed by atoms with Crippen LogP contribution in [-0.4, -0.2) is 17.6 Å². The van der Waals surface area contributed by atoms with Gasteiger partial charge in [0, 0.05) is 5.92 Å². The summed E-state index contributed by atoms with van der Waals surface area (Å²) in [6, 6.07) is 23.1. The van der Waals surface area contributed by atoms with Crippen molar-refractivity contribution in [3.05, 3.63) is 101 Å². The van der Waals surface area contributed by atoms with E-state index in [-0.39, 0.29) is 23.5 Å². The summed E-state index contributed by atoms with van der Waals surface area (Å²) in [7, 11) is 0. The number of carbonyl (C=O) groups is 3. The second-order valence-electron chi connectivity index (χ2n) is 8.82. The van der Waals surface area contributed by atoms with Crippen LogP contribution < -0.4 is 4.90 Å². The van der Waals surface area contributed by atoms with E-state index in [1.165, 1.54) is 4.90 Å². The van der Waals surface area contributed by atoms with Crippen LogP contribution in [0.25, 0.3) is 0 Å². The van der Waals surface area contributed by atoms with E-state index in [4.69, 9.17) is 0 Å². The summed E-state index contributed by atoms with van der Waals surface area (Å²) in [5.41, 5.74) is 4.06. The Bertz CT molecular complexity index is 1260. The van der Waals surface area contributed by atoms with Gasteiger partial charge >= 0.3 is 0 Å². The molecule has 1 aliphatic heterocycles. The maximum absolute atomic E-state index is 14.0. The molecular formula is C27H21NO3. The molecule has 0 saturated carbocycles. The first-order chi connectivity index (χ1) is 15.0. The molecule has 1 saturated heterocycles. The predicted molar refractivity (Wildman–Crippen MR) is 117 cm³/mol. The molecule has 4 aliphatic rings.